The third-order valence-electron chi connectivity index (χ3n) is 6.55. The summed E-state index contributed by atoms with van der Waals surface area (Å²) < 4.78 is 89.5. The normalized spacial score (nSPS) is 20.1. The molecule has 1 aliphatic rings. The first-order chi connectivity index (χ1) is 17.9. The lowest BCUT2D eigenvalue weighted by Crippen LogP contribution is -2.33. The minimum atomic E-state index is -4.96. The second kappa shape index (κ2) is 10.8. The number of hydrogen-bond acceptors (Lipinski definition) is 6. The predicted molar refractivity (Wildman–Crippen MR) is 134 cm³/mol. The van der Waals surface area contributed by atoms with Crippen molar-refractivity contribution in [3.05, 3.63) is 66.1 Å². The molecule has 38 heavy (non-hydrogen) atoms. The van der Waals surface area contributed by atoms with E-state index in [1.165, 1.54) is 24.9 Å². The summed E-state index contributed by atoms with van der Waals surface area (Å²) in [5.41, 5.74) is 0.758. The number of sulfonamides is 1. The molecule has 0 unspecified atom stereocenters. The number of alkyl halides is 3. The molecule has 12 heteroatoms. The van der Waals surface area contributed by atoms with Gasteiger partial charge in [0.25, 0.3) is 0 Å². The van der Waals surface area contributed by atoms with E-state index in [-0.39, 0.29) is 40.2 Å². The van der Waals surface area contributed by atoms with Crippen LogP contribution in [0, 0.1) is 5.82 Å². The molecule has 2 heterocycles. The monoisotopic (exact) mass is 553 g/mol. The van der Waals surface area contributed by atoms with E-state index in [4.69, 9.17) is 9.47 Å². The summed E-state index contributed by atoms with van der Waals surface area (Å²) >= 11 is 0. The number of nitrogens with one attached hydrogen (secondary N) is 1. The first kappa shape index (κ1) is 27.6. The van der Waals surface area contributed by atoms with Crippen LogP contribution in [0.2, 0.25) is 0 Å². The Kier molecular flexibility index (Phi) is 7.82. The molecule has 1 fully saturated rings. The number of nitrogens with zero attached hydrogens (tertiary/aromatic N) is 2. The van der Waals surface area contributed by atoms with Gasteiger partial charge in [-0.15, -0.1) is 0 Å². The quantitative estimate of drug-likeness (QED) is 0.351. The van der Waals surface area contributed by atoms with Crippen molar-refractivity contribution in [1.82, 2.24) is 9.97 Å². The maximum atomic E-state index is 14.7. The second-order valence-electron chi connectivity index (χ2n) is 9.48. The highest BCUT2D eigenvalue weighted by Gasteiger charge is 2.36. The number of pyridine rings is 2. The van der Waals surface area contributed by atoms with Crippen LogP contribution in [0.25, 0.3) is 11.3 Å². The number of benzene rings is 1. The van der Waals surface area contributed by atoms with Crippen LogP contribution in [0.4, 0.5) is 23.2 Å². The SMILES string of the molecule is COc1ncc(-c2nc(OC3CCC(C)(c4ccccc4)CC3)ccc2F)cc1NS(=O)(=O)CC(F)(F)F. The van der Waals surface area contributed by atoms with Crippen LogP contribution in [-0.4, -0.2) is 43.5 Å². The fourth-order valence-electron chi connectivity index (χ4n) is 4.58. The van der Waals surface area contributed by atoms with Crippen LogP contribution in [0.15, 0.2) is 54.7 Å². The standard InChI is InChI=1S/C26H27F4N3O4S/c1-25(18-6-4-3-5-7-18)12-10-19(11-13-25)37-22-9-8-20(27)23(32-22)17-14-21(24(36-2)31-15-17)33-38(34,35)16-26(28,29)30/h3-9,14-15,19,33H,10-13,16H2,1-2H3. The van der Waals surface area contributed by atoms with E-state index < -0.39 is 27.8 Å². The summed E-state index contributed by atoms with van der Waals surface area (Å²) in [5, 5.41) is 0. The largest absolute Gasteiger partial charge is 0.480 e. The fraction of sp³-hybridized carbons (Fsp3) is 0.385. The lowest BCUT2D eigenvalue weighted by molar-refractivity contribution is -0.106. The average Bonchev–Trinajstić information content (AvgIpc) is 2.85. The summed E-state index contributed by atoms with van der Waals surface area (Å²) in [6.07, 6.45) is -0.553. The van der Waals surface area contributed by atoms with Crippen molar-refractivity contribution < 1.29 is 35.5 Å². The Balaban J connectivity index is 1.52. The zero-order valence-corrected chi connectivity index (χ0v) is 21.6. The number of methoxy groups -OCH3 is 1. The maximum absolute atomic E-state index is 14.7. The summed E-state index contributed by atoms with van der Waals surface area (Å²) in [5.74, 6) is -2.96. The first-order valence-corrected chi connectivity index (χ1v) is 13.5. The van der Waals surface area contributed by atoms with Gasteiger partial charge in [-0.05, 0) is 48.8 Å². The Morgan fingerprint density at radius 3 is 2.42 bits per heavy atom. The first-order valence-electron chi connectivity index (χ1n) is 11.9. The van der Waals surface area contributed by atoms with Crippen LogP contribution >= 0.6 is 0 Å². The van der Waals surface area contributed by atoms with Crippen LogP contribution in [0.5, 0.6) is 11.8 Å². The van der Waals surface area contributed by atoms with Gasteiger partial charge in [0.1, 0.15) is 23.3 Å². The van der Waals surface area contributed by atoms with Gasteiger partial charge in [-0.3, -0.25) is 4.72 Å². The maximum Gasteiger partial charge on any atom is 0.404 e. The molecule has 1 aliphatic carbocycles. The molecular weight excluding hydrogens is 526 g/mol. The van der Waals surface area contributed by atoms with Crippen molar-refractivity contribution in [3.8, 4) is 23.0 Å². The molecule has 0 aliphatic heterocycles. The van der Waals surface area contributed by atoms with Crippen LogP contribution in [0.1, 0.15) is 38.2 Å². The van der Waals surface area contributed by atoms with E-state index in [2.05, 4.69) is 29.0 Å². The minimum absolute atomic E-state index is 0.0266. The van der Waals surface area contributed by atoms with E-state index in [0.29, 0.717) is 0 Å². The van der Waals surface area contributed by atoms with Crippen LogP contribution < -0.4 is 14.2 Å². The summed E-state index contributed by atoms with van der Waals surface area (Å²) in [7, 11) is -3.65. The van der Waals surface area contributed by atoms with Gasteiger partial charge >= 0.3 is 6.18 Å². The van der Waals surface area contributed by atoms with Crippen molar-refractivity contribution in [2.24, 2.45) is 0 Å². The van der Waals surface area contributed by atoms with Crippen molar-refractivity contribution in [3.63, 3.8) is 0 Å². The molecule has 0 spiro atoms. The molecule has 0 radical (unpaired) electrons. The van der Waals surface area contributed by atoms with E-state index in [9.17, 15) is 26.0 Å². The highest BCUT2D eigenvalue weighted by Crippen LogP contribution is 2.40. The number of ether oxygens (including phenoxy) is 2. The van der Waals surface area contributed by atoms with Gasteiger partial charge in [-0.2, -0.15) is 13.2 Å². The topological polar surface area (TPSA) is 90.4 Å². The van der Waals surface area contributed by atoms with Crippen molar-refractivity contribution in [2.45, 2.75) is 50.3 Å². The molecule has 7 nitrogen and oxygen atoms in total. The average molecular weight is 554 g/mol. The molecule has 0 atom stereocenters. The third-order valence-corrected chi connectivity index (χ3v) is 7.79. The number of aromatic nitrogens is 2. The van der Waals surface area contributed by atoms with Gasteiger partial charge in [0.2, 0.25) is 21.8 Å². The lowest BCUT2D eigenvalue weighted by atomic mass is 9.70. The molecule has 0 amide bonds. The Labute approximate surface area is 218 Å². The molecule has 204 valence electrons. The van der Waals surface area contributed by atoms with Crippen molar-refractivity contribution in [1.29, 1.82) is 0 Å². The molecule has 1 saturated carbocycles. The lowest BCUT2D eigenvalue weighted by Gasteiger charge is -2.37. The Morgan fingerprint density at radius 2 is 1.79 bits per heavy atom. The van der Waals surface area contributed by atoms with E-state index >= 15 is 0 Å². The smallest absolute Gasteiger partial charge is 0.404 e. The Bertz CT molecular complexity index is 1380. The molecular formula is C26H27F4N3O4S. The fourth-order valence-corrected chi connectivity index (χ4v) is 5.56. The predicted octanol–water partition coefficient (Wildman–Crippen LogP) is 5.87. The van der Waals surface area contributed by atoms with Gasteiger partial charge in [-0.25, -0.2) is 22.8 Å². The van der Waals surface area contributed by atoms with Gasteiger partial charge in [-0.1, -0.05) is 37.3 Å². The van der Waals surface area contributed by atoms with E-state index in [1.807, 2.05) is 22.9 Å². The van der Waals surface area contributed by atoms with E-state index in [0.717, 1.165) is 37.8 Å². The zero-order chi connectivity index (χ0) is 27.6. The van der Waals surface area contributed by atoms with E-state index in [1.54, 1.807) is 0 Å². The van der Waals surface area contributed by atoms with Crippen molar-refractivity contribution >= 4 is 15.7 Å². The van der Waals surface area contributed by atoms with Crippen LogP contribution in [-0.2, 0) is 15.4 Å². The number of halogens is 4. The van der Waals surface area contributed by atoms with Crippen molar-refractivity contribution in [2.75, 3.05) is 17.6 Å². The highest BCUT2D eigenvalue weighted by atomic mass is 32.2. The Morgan fingerprint density at radius 1 is 1.11 bits per heavy atom. The summed E-state index contributed by atoms with van der Waals surface area (Å²) in [6.45, 7) is 2.23. The third kappa shape index (κ3) is 6.72. The number of anilines is 1. The molecule has 3 aromatic rings. The molecule has 1 N–H and O–H groups in total. The molecule has 0 saturated heterocycles. The second-order valence-corrected chi connectivity index (χ2v) is 11.2. The molecule has 1 aromatic carbocycles. The molecule has 4 rings (SSSR count). The number of rotatable bonds is 8. The van der Waals surface area contributed by atoms with Gasteiger partial charge in [0, 0.05) is 17.8 Å². The number of hydrogen-bond donors (Lipinski definition) is 1. The molecule has 2 aromatic heterocycles. The Hall–Kier alpha value is -3.41. The molecule has 0 bridgehead atoms. The highest BCUT2D eigenvalue weighted by molar-refractivity contribution is 7.92. The zero-order valence-electron chi connectivity index (χ0n) is 20.8. The van der Waals surface area contributed by atoms with Gasteiger partial charge in [0.05, 0.1) is 7.11 Å². The minimum Gasteiger partial charge on any atom is -0.480 e. The summed E-state index contributed by atoms with van der Waals surface area (Å²) in [6, 6.07) is 13.9. The van der Waals surface area contributed by atoms with Gasteiger partial charge < -0.3 is 9.47 Å². The summed E-state index contributed by atoms with van der Waals surface area (Å²) in [4.78, 5) is 8.16. The van der Waals surface area contributed by atoms with Crippen LogP contribution in [0.3, 0.4) is 0 Å². The van der Waals surface area contributed by atoms with Gasteiger partial charge in [0.15, 0.2) is 5.75 Å².